The lowest BCUT2D eigenvalue weighted by molar-refractivity contribution is -0.144. The number of rotatable bonds is 15. The molecule has 0 radical (unpaired) electrons. The van der Waals surface area contributed by atoms with Gasteiger partial charge in [0.15, 0.2) is 0 Å². The van der Waals surface area contributed by atoms with Crippen molar-refractivity contribution in [2.45, 2.75) is 62.9 Å². The van der Waals surface area contributed by atoms with Gasteiger partial charge >= 0.3 is 11.9 Å². The summed E-state index contributed by atoms with van der Waals surface area (Å²) in [7, 11) is 0. The average Bonchev–Trinajstić information content (AvgIpc) is 2.68. The van der Waals surface area contributed by atoms with Crippen LogP contribution in [0.5, 0.6) is 0 Å². The van der Waals surface area contributed by atoms with Gasteiger partial charge in [-0.2, -0.15) is 0 Å². The number of aliphatic hydroxyl groups excluding tert-OH is 2. The number of aliphatic carboxylic acids is 2. The fourth-order valence-electron chi connectivity index (χ4n) is 2.41. The Bertz CT molecular complexity index is 643. The van der Waals surface area contributed by atoms with E-state index in [1.807, 2.05) is 5.32 Å². The lowest BCUT2D eigenvalue weighted by Crippen LogP contribution is -2.60. The van der Waals surface area contributed by atoms with E-state index in [4.69, 9.17) is 26.8 Å². The SMILES string of the molecule is CC(O)C(NC(=O)C(N)CCCCN)C(=O)NC(CC(=O)O)C(=O)NC(CO)C(=O)O. The number of hydrogen-bond acceptors (Lipinski definition) is 9. The molecule has 0 heterocycles. The van der Waals surface area contributed by atoms with Gasteiger partial charge in [0, 0.05) is 0 Å². The molecule has 0 aromatic heterocycles. The number of unbranched alkanes of at least 4 members (excludes halogenated alkanes) is 1. The number of aliphatic hydroxyl groups is 2. The third-order valence-corrected chi connectivity index (χ3v) is 4.18. The molecule has 5 unspecified atom stereocenters. The van der Waals surface area contributed by atoms with Gasteiger partial charge in [0.1, 0.15) is 18.1 Å². The van der Waals surface area contributed by atoms with Crippen molar-refractivity contribution in [3.8, 4) is 0 Å². The van der Waals surface area contributed by atoms with E-state index in [-0.39, 0.29) is 6.42 Å². The number of carboxylic acids is 2. The van der Waals surface area contributed by atoms with Crippen molar-refractivity contribution in [1.29, 1.82) is 0 Å². The molecule has 0 bridgehead atoms. The highest BCUT2D eigenvalue weighted by Crippen LogP contribution is 2.03. The molecule has 0 saturated heterocycles. The number of nitrogens with two attached hydrogens (primary N) is 2. The van der Waals surface area contributed by atoms with Crippen LogP contribution in [-0.4, -0.2) is 93.5 Å². The zero-order valence-electron chi connectivity index (χ0n) is 17.1. The molecule has 0 fully saturated rings. The van der Waals surface area contributed by atoms with Crippen molar-refractivity contribution >= 4 is 29.7 Å². The molecule has 0 rings (SSSR count). The summed E-state index contributed by atoms with van der Waals surface area (Å²) in [5.74, 6) is -6.09. The summed E-state index contributed by atoms with van der Waals surface area (Å²) in [5, 5.41) is 42.9. The normalized spacial score (nSPS) is 15.6. The zero-order valence-corrected chi connectivity index (χ0v) is 17.1. The predicted molar refractivity (Wildman–Crippen MR) is 105 cm³/mol. The molecule has 31 heavy (non-hydrogen) atoms. The van der Waals surface area contributed by atoms with E-state index in [1.165, 1.54) is 6.92 Å². The van der Waals surface area contributed by atoms with Crippen molar-refractivity contribution in [1.82, 2.24) is 16.0 Å². The van der Waals surface area contributed by atoms with Gasteiger partial charge in [-0.25, -0.2) is 4.79 Å². The second kappa shape index (κ2) is 14.2. The summed E-state index contributed by atoms with van der Waals surface area (Å²) in [4.78, 5) is 58.9. The van der Waals surface area contributed by atoms with Gasteiger partial charge in [-0.15, -0.1) is 0 Å². The first-order valence-electron chi connectivity index (χ1n) is 9.54. The number of carboxylic acid groups (broad SMARTS) is 2. The molecule has 11 N–H and O–H groups in total. The summed E-state index contributed by atoms with van der Waals surface area (Å²) in [6, 6.07) is -6.01. The first kappa shape index (κ1) is 28.2. The highest BCUT2D eigenvalue weighted by atomic mass is 16.4. The fraction of sp³-hybridized carbons (Fsp3) is 0.706. The minimum Gasteiger partial charge on any atom is -0.481 e. The second-order valence-electron chi connectivity index (χ2n) is 6.86. The van der Waals surface area contributed by atoms with Gasteiger partial charge in [-0.3, -0.25) is 19.2 Å². The third-order valence-electron chi connectivity index (χ3n) is 4.18. The van der Waals surface area contributed by atoms with Crippen LogP contribution in [0.1, 0.15) is 32.6 Å². The first-order valence-corrected chi connectivity index (χ1v) is 9.54. The summed E-state index contributed by atoms with van der Waals surface area (Å²) in [5.41, 5.74) is 11.1. The molecule has 0 aliphatic carbocycles. The van der Waals surface area contributed by atoms with Crippen LogP contribution in [0.4, 0.5) is 0 Å². The van der Waals surface area contributed by atoms with E-state index in [2.05, 4.69) is 10.6 Å². The molecule has 0 aliphatic heterocycles. The predicted octanol–water partition coefficient (Wildman–Crippen LogP) is -4.17. The Morgan fingerprint density at radius 1 is 0.903 bits per heavy atom. The Morgan fingerprint density at radius 2 is 1.48 bits per heavy atom. The van der Waals surface area contributed by atoms with E-state index in [9.17, 15) is 29.1 Å². The summed E-state index contributed by atoms with van der Waals surface area (Å²) < 4.78 is 0. The van der Waals surface area contributed by atoms with Crippen LogP contribution in [0.2, 0.25) is 0 Å². The highest BCUT2D eigenvalue weighted by molar-refractivity contribution is 5.95. The van der Waals surface area contributed by atoms with E-state index < -0.39 is 73.0 Å². The lowest BCUT2D eigenvalue weighted by Gasteiger charge is -2.25. The summed E-state index contributed by atoms with van der Waals surface area (Å²) >= 11 is 0. The van der Waals surface area contributed by atoms with Gasteiger partial charge in [0.25, 0.3) is 0 Å². The number of amides is 3. The van der Waals surface area contributed by atoms with Gasteiger partial charge in [-0.1, -0.05) is 6.42 Å². The van der Waals surface area contributed by atoms with Crippen LogP contribution in [0.15, 0.2) is 0 Å². The minimum atomic E-state index is -1.74. The maximum Gasteiger partial charge on any atom is 0.328 e. The number of nitrogens with one attached hydrogen (secondary N) is 3. The van der Waals surface area contributed by atoms with E-state index >= 15 is 0 Å². The molecule has 3 amide bonds. The first-order chi connectivity index (χ1) is 14.4. The molecule has 0 aliphatic rings. The van der Waals surface area contributed by atoms with Crippen molar-refractivity contribution in [3.63, 3.8) is 0 Å². The molecule has 14 nitrogen and oxygen atoms in total. The Balaban J connectivity index is 5.26. The Kier molecular flexibility index (Phi) is 12.9. The standard InChI is InChI=1S/C17H31N5O9/c1-8(24)13(22-14(27)9(19)4-2-3-5-18)16(29)20-10(6-12(25)26)15(28)21-11(7-23)17(30)31/h8-11,13,23-24H,2-7,18-19H2,1H3,(H,20,29)(H,21,28)(H,22,27)(H,25,26)(H,30,31). The Hall–Kier alpha value is -2.81. The van der Waals surface area contributed by atoms with Gasteiger partial charge in [0.2, 0.25) is 17.7 Å². The molecule has 14 heteroatoms. The van der Waals surface area contributed by atoms with Crippen LogP contribution in [0.25, 0.3) is 0 Å². The fourth-order valence-corrected chi connectivity index (χ4v) is 2.41. The molecule has 0 aromatic carbocycles. The molecule has 0 spiro atoms. The number of carbonyl (C=O) groups excluding carboxylic acids is 3. The van der Waals surface area contributed by atoms with Gasteiger partial charge < -0.3 is 47.8 Å². The van der Waals surface area contributed by atoms with Gasteiger partial charge in [0.05, 0.1) is 25.2 Å². The topological polar surface area (TPSA) is 254 Å². The summed E-state index contributed by atoms with van der Waals surface area (Å²) in [6.45, 7) is 0.630. The van der Waals surface area contributed by atoms with Crippen molar-refractivity contribution in [2.24, 2.45) is 11.5 Å². The van der Waals surface area contributed by atoms with E-state index in [0.29, 0.717) is 19.4 Å². The Labute approximate surface area is 178 Å². The second-order valence-corrected chi connectivity index (χ2v) is 6.86. The smallest absolute Gasteiger partial charge is 0.328 e. The lowest BCUT2D eigenvalue weighted by atomic mass is 10.1. The van der Waals surface area contributed by atoms with Gasteiger partial charge in [-0.05, 0) is 26.3 Å². The molecular weight excluding hydrogens is 418 g/mol. The van der Waals surface area contributed by atoms with Crippen molar-refractivity contribution < 1.29 is 44.4 Å². The average molecular weight is 449 g/mol. The molecule has 0 aromatic rings. The minimum absolute atomic E-state index is 0.277. The van der Waals surface area contributed by atoms with Crippen LogP contribution in [-0.2, 0) is 24.0 Å². The Morgan fingerprint density at radius 3 is 1.94 bits per heavy atom. The van der Waals surface area contributed by atoms with E-state index in [1.54, 1.807) is 0 Å². The molecule has 5 atom stereocenters. The highest BCUT2D eigenvalue weighted by Gasteiger charge is 2.33. The maximum atomic E-state index is 12.5. The summed E-state index contributed by atoms with van der Waals surface area (Å²) in [6.07, 6.45) is -0.878. The van der Waals surface area contributed by atoms with E-state index in [0.717, 1.165) is 0 Å². The largest absolute Gasteiger partial charge is 0.481 e. The van der Waals surface area contributed by atoms with Crippen molar-refractivity contribution in [3.05, 3.63) is 0 Å². The van der Waals surface area contributed by atoms with Crippen molar-refractivity contribution in [2.75, 3.05) is 13.2 Å². The quantitative estimate of drug-likeness (QED) is 0.108. The van der Waals surface area contributed by atoms with Crippen LogP contribution < -0.4 is 27.4 Å². The van der Waals surface area contributed by atoms with Crippen LogP contribution >= 0.6 is 0 Å². The number of hydrogen-bond donors (Lipinski definition) is 9. The maximum absolute atomic E-state index is 12.5. The number of carbonyl (C=O) groups is 5. The molecule has 178 valence electrons. The monoisotopic (exact) mass is 449 g/mol. The van der Waals surface area contributed by atoms with Crippen LogP contribution in [0.3, 0.4) is 0 Å². The zero-order chi connectivity index (χ0) is 24.1. The molecular formula is C17H31N5O9. The third kappa shape index (κ3) is 10.7. The van der Waals surface area contributed by atoms with Crippen LogP contribution in [0, 0.1) is 0 Å². The molecule has 0 saturated carbocycles.